The summed E-state index contributed by atoms with van der Waals surface area (Å²) in [5.74, 6) is -2.28. The van der Waals surface area contributed by atoms with Crippen LogP contribution in [0.5, 0.6) is 0 Å². The van der Waals surface area contributed by atoms with Crippen LogP contribution in [0.1, 0.15) is 38.4 Å². The SMILES string of the molecule is CNC(=O)c1nc(NC(=O)c2nsc3ccc(Cl)cc23)c2n1CC(=O)N[C@@H]2c1cc(F)ccc1Cl. The van der Waals surface area contributed by atoms with E-state index in [0.717, 1.165) is 16.2 Å². The molecule has 35 heavy (non-hydrogen) atoms. The van der Waals surface area contributed by atoms with Gasteiger partial charge in [-0.1, -0.05) is 23.2 Å². The van der Waals surface area contributed by atoms with Crippen LogP contribution in [0.25, 0.3) is 10.1 Å². The summed E-state index contributed by atoms with van der Waals surface area (Å²) in [4.78, 5) is 42.6. The first-order valence-electron chi connectivity index (χ1n) is 10.2. The van der Waals surface area contributed by atoms with Gasteiger partial charge in [-0.3, -0.25) is 14.4 Å². The standard InChI is InChI=1S/C22H15Cl2FN6O3S/c1-26-22(34)20-28-19(29-21(33)17-12-6-9(23)2-5-14(12)35-30-17)18-16(27-15(32)8-31(18)20)11-7-10(25)3-4-13(11)24/h2-7,16H,8H2,1H3,(H,26,34)(H,27,32)(H,29,33)/t16-/m1/s1. The normalized spacial score (nSPS) is 15.0. The van der Waals surface area contributed by atoms with E-state index >= 15 is 0 Å². The number of aromatic nitrogens is 3. The van der Waals surface area contributed by atoms with E-state index < -0.39 is 29.6 Å². The average molecular weight is 533 g/mol. The van der Waals surface area contributed by atoms with Crippen LogP contribution in [0, 0.1) is 5.82 Å². The highest BCUT2D eigenvalue weighted by Crippen LogP contribution is 2.36. The predicted molar refractivity (Wildman–Crippen MR) is 130 cm³/mol. The number of benzene rings is 2. The summed E-state index contributed by atoms with van der Waals surface area (Å²) in [6.07, 6.45) is 0. The van der Waals surface area contributed by atoms with Crippen molar-refractivity contribution < 1.29 is 18.8 Å². The highest BCUT2D eigenvalue weighted by Gasteiger charge is 2.36. The molecule has 2 aromatic heterocycles. The Hall–Kier alpha value is -3.54. The molecule has 3 amide bonds. The predicted octanol–water partition coefficient (Wildman–Crippen LogP) is 3.77. The van der Waals surface area contributed by atoms with Crippen LogP contribution in [0.15, 0.2) is 36.4 Å². The number of carbonyl (C=O) groups is 3. The largest absolute Gasteiger partial charge is 0.352 e. The summed E-state index contributed by atoms with van der Waals surface area (Å²) in [5, 5.41) is 9.09. The summed E-state index contributed by atoms with van der Waals surface area (Å²) in [7, 11) is 1.41. The third-order valence-electron chi connectivity index (χ3n) is 5.47. The van der Waals surface area contributed by atoms with Crippen molar-refractivity contribution in [3.63, 3.8) is 0 Å². The van der Waals surface area contributed by atoms with Crippen LogP contribution in [-0.4, -0.2) is 38.7 Å². The van der Waals surface area contributed by atoms with Crippen LogP contribution < -0.4 is 16.0 Å². The fourth-order valence-electron chi connectivity index (χ4n) is 3.92. The van der Waals surface area contributed by atoms with Crippen LogP contribution in [-0.2, 0) is 11.3 Å². The van der Waals surface area contributed by atoms with Gasteiger partial charge in [0, 0.05) is 28.0 Å². The van der Waals surface area contributed by atoms with E-state index in [1.807, 2.05) is 0 Å². The van der Waals surface area contributed by atoms with Gasteiger partial charge in [0.05, 0.1) is 16.4 Å². The molecule has 0 radical (unpaired) electrons. The Morgan fingerprint density at radius 1 is 1.20 bits per heavy atom. The van der Waals surface area contributed by atoms with Gasteiger partial charge in [-0.05, 0) is 47.9 Å². The Labute approximate surface area is 211 Å². The maximum Gasteiger partial charge on any atom is 0.287 e. The maximum atomic E-state index is 14.1. The molecule has 4 aromatic rings. The third-order valence-corrected chi connectivity index (χ3v) is 6.87. The number of carbonyl (C=O) groups excluding carboxylic acids is 3. The van der Waals surface area contributed by atoms with E-state index in [1.165, 1.54) is 29.8 Å². The van der Waals surface area contributed by atoms with Gasteiger partial charge in [-0.25, -0.2) is 9.37 Å². The quantitative estimate of drug-likeness (QED) is 0.369. The number of fused-ring (bicyclic) bond motifs is 2. The summed E-state index contributed by atoms with van der Waals surface area (Å²) < 4.78 is 20.5. The summed E-state index contributed by atoms with van der Waals surface area (Å²) >= 11 is 13.5. The van der Waals surface area contributed by atoms with Crippen molar-refractivity contribution in [2.75, 3.05) is 12.4 Å². The number of imidazole rings is 1. The molecule has 178 valence electrons. The van der Waals surface area contributed by atoms with E-state index in [0.29, 0.717) is 10.4 Å². The van der Waals surface area contributed by atoms with Crippen molar-refractivity contribution in [2.24, 2.45) is 0 Å². The van der Waals surface area contributed by atoms with E-state index in [-0.39, 0.29) is 40.2 Å². The molecule has 3 N–H and O–H groups in total. The monoisotopic (exact) mass is 532 g/mol. The molecule has 2 aromatic carbocycles. The number of rotatable bonds is 4. The zero-order valence-electron chi connectivity index (χ0n) is 17.9. The number of anilines is 1. The molecular formula is C22H15Cl2FN6O3S. The number of hydrogen-bond donors (Lipinski definition) is 3. The number of hydrogen-bond acceptors (Lipinski definition) is 6. The second-order valence-corrected chi connectivity index (χ2v) is 9.28. The first-order chi connectivity index (χ1) is 16.8. The number of nitrogens with zero attached hydrogens (tertiary/aromatic N) is 3. The Morgan fingerprint density at radius 2 is 2.00 bits per heavy atom. The lowest BCUT2D eigenvalue weighted by Gasteiger charge is -2.28. The van der Waals surface area contributed by atoms with Gasteiger partial charge in [0.25, 0.3) is 11.8 Å². The molecule has 0 fully saturated rings. The Bertz CT molecular complexity index is 1540. The molecule has 13 heteroatoms. The van der Waals surface area contributed by atoms with Gasteiger partial charge >= 0.3 is 0 Å². The van der Waals surface area contributed by atoms with Crippen molar-refractivity contribution in [3.8, 4) is 0 Å². The van der Waals surface area contributed by atoms with Crippen LogP contribution in [0.4, 0.5) is 10.2 Å². The van der Waals surface area contributed by atoms with Crippen molar-refractivity contribution in [2.45, 2.75) is 12.6 Å². The molecule has 3 heterocycles. The van der Waals surface area contributed by atoms with Gasteiger partial charge in [-0.2, -0.15) is 4.37 Å². The van der Waals surface area contributed by atoms with Crippen LogP contribution in [0.3, 0.4) is 0 Å². The Kier molecular flexibility index (Phi) is 5.91. The van der Waals surface area contributed by atoms with Crippen molar-refractivity contribution in [1.82, 2.24) is 24.6 Å². The molecule has 1 atom stereocenters. The first kappa shape index (κ1) is 23.2. The lowest BCUT2D eigenvalue weighted by molar-refractivity contribution is -0.123. The minimum absolute atomic E-state index is 0.00195. The van der Waals surface area contributed by atoms with E-state index in [9.17, 15) is 18.8 Å². The van der Waals surface area contributed by atoms with Gasteiger partial charge in [0.2, 0.25) is 11.7 Å². The smallest absolute Gasteiger partial charge is 0.287 e. The van der Waals surface area contributed by atoms with Crippen molar-refractivity contribution in [1.29, 1.82) is 0 Å². The summed E-state index contributed by atoms with van der Waals surface area (Å²) in [6, 6.07) is 7.82. The molecular weight excluding hydrogens is 518 g/mol. The highest BCUT2D eigenvalue weighted by atomic mass is 35.5. The van der Waals surface area contributed by atoms with Gasteiger partial charge in [0.1, 0.15) is 18.1 Å². The fraction of sp³-hybridized carbons (Fsp3) is 0.136. The molecule has 0 bridgehead atoms. The van der Waals surface area contributed by atoms with Crippen molar-refractivity contribution in [3.05, 3.63) is 75.0 Å². The summed E-state index contributed by atoms with van der Waals surface area (Å²) in [6.45, 7) is -0.236. The molecule has 5 rings (SSSR count). The number of halogens is 3. The average Bonchev–Trinajstić information content (AvgIpc) is 3.41. The Balaban J connectivity index is 1.64. The maximum absolute atomic E-state index is 14.1. The lowest BCUT2D eigenvalue weighted by atomic mass is 10.0. The third kappa shape index (κ3) is 4.11. The highest BCUT2D eigenvalue weighted by molar-refractivity contribution is 7.13. The van der Waals surface area contributed by atoms with Gasteiger partial charge in [0.15, 0.2) is 5.82 Å². The number of nitrogens with one attached hydrogen (secondary N) is 3. The zero-order chi connectivity index (χ0) is 24.9. The van der Waals surface area contributed by atoms with E-state index in [4.69, 9.17) is 23.2 Å². The van der Waals surface area contributed by atoms with Gasteiger partial charge < -0.3 is 20.5 Å². The topological polar surface area (TPSA) is 118 Å². The first-order valence-corrected chi connectivity index (χ1v) is 11.7. The van der Waals surface area contributed by atoms with Crippen LogP contribution in [0.2, 0.25) is 10.0 Å². The molecule has 1 aliphatic heterocycles. The van der Waals surface area contributed by atoms with E-state index in [2.05, 4.69) is 25.3 Å². The molecule has 0 spiro atoms. The minimum Gasteiger partial charge on any atom is -0.352 e. The summed E-state index contributed by atoms with van der Waals surface area (Å²) in [5.41, 5.74) is 0.628. The molecule has 9 nitrogen and oxygen atoms in total. The molecule has 0 aliphatic carbocycles. The molecule has 1 aliphatic rings. The molecule has 0 unspecified atom stereocenters. The van der Waals surface area contributed by atoms with E-state index in [1.54, 1.807) is 18.2 Å². The second-order valence-electron chi connectivity index (χ2n) is 7.63. The minimum atomic E-state index is -0.984. The van der Waals surface area contributed by atoms with Crippen LogP contribution >= 0.6 is 34.7 Å². The number of amides is 3. The second kappa shape index (κ2) is 8.91. The molecule has 0 saturated carbocycles. The molecule has 0 saturated heterocycles. The van der Waals surface area contributed by atoms with Gasteiger partial charge in [-0.15, -0.1) is 0 Å². The Morgan fingerprint density at radius 3 is 2.77 bits per heavy atom. The zero-order valence-corrected chi connectivity index (χ0v) is 20.2. The van der Waals surface area contributed by atoms with Crippen molar-refractivity contribution >= 4 is 68.4 Å². The lowest BCUT2D eigenvalue weighted by Crippen LogP contribution is -2.41. The fourth-order valence-corrected chi connectivity index (χ4v) is 5.07.